The lowest BCUT2D eigenvalue weighted by Gasteiger charge is -2.15. The van der Waals surface area contributed by atoms with Gasteiger partial charge < -0.3 is 15.2 Å². The predicted molar refractivity (Wildman–Crippen MR) is 92.3 cm³/mol. The Kier molecular flexibility index (Phi) is 6.49. The molecule has 0 heterocycles. The van der Waals surface area contributed by atoms with E-state index in [-0.39, 0.29) is 30.0 Å². The van der Waals surface area contributed by atoms with Crippen molar-refractivity contribution >= 4 is 11.6 Å². The zero-order chi connectivity index (χ0) is 19.2. The molecule has 4 nitrogen and oxygen atoms in total. The number of ether oxygens (including phenoxy) is 1. The fraction of sp³-hybridized carbons (Fsp3) is 0.316. The van der Waals surface area contributed by atoms with Crippen molar-refractivity contribution in [2.45, 2.75) is 32.4 Å². The summed E-state index contributed by atoms with van der Waals surface area (Å²) in [6, 6.07) is 9.58. The number of phenolic OH excluding ortho intramolecular Hbond substituents is 1. The number of nitrogens with one attached hydrogen (secondary N) is 1. The highest BCUT2D eigenvalue weighted by Crippen LogP contribution is 2.35. The molecule has 2 rings (SSSR count). The van der Waals surface area contributed by atoms with Crippen LogP contribution < -0.4 is 10.1 Å². The van der Waals surface area contributed by atoms with Crippen LogP contribution in [0.4, 0.5) is 18.9 Å². The summed E-state index contributed by atoms with van der Waals surface area (Å²) in [5.41, 5.74) is -0.290. The van der Waals surface area contributed by atoms with Crippen molar-refractivity contribution in [2.24, 2.45) is 0 Å². The monoisotopic (exact) mass is 367 g/mol. The van der Waals surface area contributed by atoms with Crippen molar-refractivity contribution in [3.05, 3.63) is 53.6 Å². The van der Waals surface area contributed by atoms with Crippen LogP contribution in [0, 0.1) is 0 Å². The van der Waals surface area contributed by atoms with Crippen LogP contribution in [-0.2, 0) is 17.4 Å². The minimum atomic E-state index is -4.52. The third kappa shape index (κ3) is 5.40. The van der Waals surface area contributed by atoms with Gasteiger partial charge in [0.2, 0.25) is 5.91 Å². The Labute approximate surface area is 149 Å². The smallest absolute Gasteiger partial charge is 0.416 e. The lowest BCUT2D eigenvalue weighted by Crippen LogP contribution is -2.15. The van der Waals surface area contributed by atoms with Gasteiger partial charge >= 0.3 is 6.18 Å². The van der Waals surface area contributed by atoms with Crippen LogP contribution in [0.5, 0.6) is 11.5 Å². The van der Waals surface area contributed by atoms with E-state index in [1.807, 2.05) is 6.92 Å². The third-order valence-electron chi connectivity index (χ3n) is 3.66. The van der Waals surface area contributed by atoms with Gasteiger partial charge in [-0.25, -0.2) is 0 Å². The van der Waals surface area contributed by atoms with Crippen molar-refractivity contribution in [1.29, 1.82) is 0 Å². The van der Waals surface area contributed by atoms with Gasteiger partial charge in [-0.1, -0.05) is 25.1 Å². The Balaban J connectivity index is 2.12. The molecule has 2 aromatic rings. The SMILES string of the molecule is CCCOc1ccc(C(F)(F)F)cc1NC(=O)CCc1ccccc1O. The highest BCUT2D eigenvalue weighted by atomic mass is 19.4. The Morgan fingerprint density at radius 3 is 2.58 bits per heavy atom. The molecule has 0 saturated carbocycles. The van der Waals surface area contributed by atoms with Gasteiger partial charge in [-0.15, -0.1) is 0 Å². The van der Waals surface area contributed by atoms with E-state index in [4.69, 9.17) is 4.74 Å². The number of phenols is 1. The number of rotatable bonds is 7. The number of halogens is 3. The predicted octanol–water partition coefficient (Wildman–Crippen LogP) is 4.77. The summed E-state index contributed by atoms with van der Waals surface area (Å²) < 4.78 is 44.2. The lowest BCUT2D eigenvalue weighted by molar-refractivity contribution is -0.137. The van der Waals surface area contributed by atoms with Crippen molar-refractivity contribution < 1.29 is 27.8 Å². The molecule has 0 aliphatic carbocycles. The second-order valence-electron chi connectivity index (χ2n) is 5.73. The topological polar surface area (TPSA) is 58.6 Å². The molecule has 0 aromatic heterocycles. The van der Waals surface area contributed by atoms with E-state index < -0.39 is 17.6 Å². The number of anilines is 1. The van der Waals surface area contributed by atoms with Crippen LogP contribution in [0.2, 0.25) is 0 Å². The molecule has 2 aromatic carbocycles. The number of alkyl halides is 3. The Bertz CT molecular complexity index is 760. The molecule has 1 amide bonds. The normalized spacial score (nSPS) is 11.2. The van der Waals surface area contributed by atoms with E-state index in [9.17, 15) is 23.1 Å². The van der Waals surface area contributed by atoms with E-state index in [1.54, 1.807) is 18.2 Å². The fourth-order valence-electron chi connectivity index (χ4n) is 2.33. The first-order valence-corrected chi connectivity index (χ1v) is 8.22. The number of carbonyl (C=O) groups is 1. The van der Waals surface area contributed by atoms with Crippen LogP contribution in [0.25, 0.3) is 0 Å². The van der Waals surface area contributed by atoms with Gasteiger partial charge in [0.05, 0.1) is 17.9 Å². The molecular weight excluding hydrogens is 347 g/mol. The summed E-state index contributed by atoms with van der Waals surface area (Å²) in [6.07, 6.45) is -3.55. The van der Waals surface area contributed by atoms with E-state index in [0.717, 1.165) is 12.1 Å². The number of aryl methyl sites for hydroxylation is 1. The Hall–Kier alpha value is -2.70. The fourth-order valence-corrected chi connectivity index (χ4v) is 2.33. The molecule has 0 bridgehead atoms. The number of carbonyl (C=O) groups excluding carboxylic acids is 1. The molecule has 0 saturated heterocycles. The molecular formula is C19H20F3NO3. The highest BCUT2D eigenvalue weighted by Gasteiger charge is 2.31. The van der Waals surface area contributed by atoms with Crippen LogP contribution in [0.1, 0.15) is 30.9 Å². The summed E-state index contributed by atoms with van der Waals surface area (Å²) in [6.45, 7) is 2.20. The van der Waals surface area contributed by atoms with E-state index in [2.05, 4.69) is 5.32 Å². The van der Waals surface area contributed by atoms with E-state index in [1.165, 1.54) is 12.1 Å². The van der Waals surface area contributed by atoms with Crippen molar-refractivity contribution in [3.8, 4) is 11.5 Å². The third-order valence-corrected chi connectivity index (χ3v) is 3.66. The highest BCUT2D eigenvalue weighted by molar-refractivity contribution is 5.92. The standard InChI is InChI=1S/C19H20F3NO3/c1-2-11-26-17-9-8-14(19(20,21)22)12-15(17)23-18(25)10-7-13-5-3-4-6-16(13)24/h3-6,8-9,12,24H,2,7,10-11H2,1H3,(H,23,25). The molecule has 7 heteroatoms. The number of amides is 1. The minimum absolute atomic E-state index is 0.0149. The number of aromatic hydroxyl groups is 1. The molecule has 0 spiro atoms. The molecule has 26 heavy (non-hydrogen) atoms. The number of hydrogen-bond donors (Lipinski definition) is 2. The first kappa shape index (κ1) is 19.6. The van der Waals surface area contributed by atoms with Gasteiger partial charge in [0.1, 0.15) is 11.5 Å². The van der Waals surface area contributed by atoms with Gasteiger partial charge in [0, 0.05) is 6.42 Å². The molecule has 0 aliphatic heterocycles. The molecule has 0 atom stereocenters. The average molecular weight is 367 g/mol. The summed E-state index contributed by atoms with van der Waals surface area (Å²) in [5.74, 6) is -0.198. The number of para-hydroxylation sites is 1. The van der Waals surface area contributed by atoms with Crippen LogP contribution >= 0.6 is 0 Å². The largest absolute Gasteiger partial charge is 0.508 e. The summed E-state index contributed by atoms with van der Waals surface area (Å²) in [5, 5.41) is 12.2. The van der Waals surface area contributed by atoms with Gasteiger partial charge in [-0.05, 0) is 42.7 Å². The maximum Gasteiger partial charge on any atom is 0.416 e. The molecule has 0 fully saturated rings. The van der Waals surface area contributed by atoms with Crippen LogP contribution in [-0.4, -0.2) is 17.6 Å². The second kappa shape index (κ2) is 8.60. The molecule has 2 N–H and O–H groups in total. The van der Waals surface area contributed by atoms with E-state index in [0.29, 0.717) is 18.6 Å². The summed E-state index contributed by atoms with van der Waals surface area (Å²) in [4.78, 5) is 12.2. The van der Waals surface area contributed by atoms with E-state index >= 15 is 0 Å². The Morgan fingerprint density at radius 2 is 1.92 bits per heavy atom. The Morgan fingerprint density at radius 1 is 1.19 bits per heavy atom. The molecule has 0 unspecified atom stereocenters. The van der Waals surface area contributed by atoms with Gasteiger partial charge in [-0.2, -0.15) is 13.2 Å². The quantitative estimate of drug-likeness (QED) is 0.741. The summed E-state index contributed by atoms with van der Waals surface area (Å²) >= 11 is 0. The maximum atomic E-state index is 12.9. The van der Waals surface area contributed by atoms with Crippen molar-refractivity contribution in [3.63, 3.8) is 0 Å². The van der Waals surface area contributed by atoms with Crippen molar-refractivity contribution in [1.82, 2.24) is 0 Å². The zero-order valence-corrected chi connectivity index (χ0v) is 14.3. The first-order chi connectivity index (χ1) is 12.3. The summed E-state index contributed by atoms with van der Waals surface area (Å²) in [7, 11) is 0. The van der Waals surface area contributed by atoms with Gasteiger partial charge in [0.25, 0.3) is 0 Å². The van der Waals surface area contributed by atoms with Crippen molar-refractivity contribution in [2.75, 3.05) is 11.9 Å². The molecule has 140 valence electrons. The van der Waals surface area contributed by atoms with Gasteiger partial charge in [0.15, 0.2) is 0 Å². The molecule has 0 radical (unpaired) electrons. The lowest BCUT2D eigenvalue weighted by atomic mass is 10.1. The minimum Gasteiger partial charge on any atom is -0.508 e. The van der Waals surface area contributed by atoms with Crippen LogP contribution in [0.15, 0.2) is 42.5 Å². The first-order valence-electron chi connectivity index (χ1n) is 8.22. The zero-order valence-electron chi connectivity index (χ0n) is 14.3. The second-order valence-corrected chi connectivity index (χ2v) is 5.73. The number of hydrogen-bond acceptors (Lipinski definition) is 3. The van der Waals surface area contributed by atoms with Gasteiger partial charge in [-0.3, -0.25) is 4.79 Å². The molecule has 0 aliphatic rings. The average Bonchev–Trinajstić information content (AvgIpc) is 2.59. The maximum absolute atomic E-state index is 12.9. The van der Waals surface area contributed by atoms with Crippen LogP contribution in [0.3, 0.4) is 0 Å². The number of benzene rings is 2.